The molecule has 0 aliphatic heterocycles. The molecule has 0 spiro atoms. The molecule has 0 fully saturated rings. The molecule has 0 amide bonds. The maximum atomic E-state index is 12.0. The first-order chi connectivity index (χ1) is 14.1. The van der Waals surface area contributed by atoms with Crippen LogP contribution in [0.1, 0.15) is 12.0 Å². The Balaban J connectivity index is 1.45. The summed E-state index contributed by atoms with van der Waals surface area (Å²) in [5.74, 6) is -1.25. The third-order valence-corrected chi connectivity index (χ3v) is 4.23. The zero-order valence-electron chi connectivity index (χ0n) is 15.7. The zero-order valence-corrected chi connectivity index (χ0v) is 15.7. The van der Waals surface area contributed by atoms with Crippen molar-refractivity contribution >= 4 is 28.5 Å². The molecule has 0 bridgehead atoms. The minimum absolute atomic E-state index is 0.186. The highest BCUT2D eigenvalue weighted by Gasteiger charge is 2.08. The molecule has 0 radical (unpaired) electrons. The summed E-state index contributed by atoms with van der Waals surface area (Å²) in [5, 5.41) is 1.73. The number of fused-ring (bicyclic) bond motifs is 1. The second-order valence-corrected chi connectivity index (χ2v) is 6.36. The van der Waals surface area contributed by atoms with Crippen LogP contribution in [-0.4, -0.2) is 24.3 Å². The van der Waals surface area contributed by atoms with E-state index >= 15 is 0 Å². The number of carbonyl (C=O) groups is 3. The van der Waals surface area contributed by atoms with Crippen LogP contribution < -0.4 is 4.74 Å². The van der Waals surface area contributed by atoms with Gasteiger partial charge in [0, 0.05) is 24.0 Å². The van der Waals surface area contributed by atoms with Gasteiger partial charge in [-0.25, -0.2) is 9.59 Å². The van der Waals surface area contributed by atoms with Gasteiger partial charge in [-0.1, -0.05) is 66.7 Å². The van der Waals surface area contributed by atoms with Gasteiger partial charge in [0.2, 0.25) is 0 Å². The van der Waals surface area contributed by atoms with Crippen molar-refractivity contribution in [2.45, 2.75) is 12.8 Å². The van der Waals surface area contributed by atoms with E-state index < -0.39 is 11.9 Å². The van der Waals surface area contributed by atoms with Gasteiger partial charge in [0.25, 0.3) is 0 Å². The summed E-state index contributed by atoms with van der Waals surface area (Å²) in [4.78, 5) is 35.5. The van der Waals surface area contributed by atoms with Crippen LogP contribution in [0.15, 0.2) is 84.9 Å². The number of ether oxygens (including phenoxy) is 2. The lowest BCUT2D eigenvalue weighted by Gasteiger charge is -2.05. The topological polar surface area (TPSA) is 69.7 Å². The van der Waals surface area contributed by atoms with Crippen LogP contribution in [0.25, 0.3) is 10.8 Å². The number of aryl methyl sites for hydroxylation is 1. The van der Waals surface area contributed by atoms with Gasteiger partial charge in [-0.05, 0) is 23.4 Å². The molecule has 3 aromatic rings. The SMILES string of the molecule is O=C(CCc1ccccc1)COC(=O)/C=C/C(=O)Oc1cccc2ccccc12. The van der Waals surface area contributed by atoms with Crippen LogP contribution in [0.3, 0.4) is 0 Å². The van der Waals surface area contributed by atoms with Crippen molar-refractivity contribution in [1.82, 2.24) is 0 Å². The van der Waals surface area contributed by atoms with E-state index in [1.54, 1.807) is 12.1 Å². The Bertz CT molecular complexity index is 1030. The van der Waals surface area contributed by atoms with Crippen LogP contribution in [-0.2, 0) is 25.5 Å². The summed E-state index contributed by atoms with van der Waals surface area (Å²) in [5.41, 5.74) is 1.04. The van der Waals surface area contributed by atoms with Crippen molar-refractivity contribution < 1.29 is 23.9 Å². The highest BCUT2D eigenvalue weighted by atomic mass is 16.5. The highest BCUT2D eigenvalue weighted by molar-refractivity contribution is 5.96. The van der Waals surface area contributed by atoms with Crippen molar-refractivity contribution in [1.29, 1.82) is 0 Å². The van der Waals surface area contributed by atoms with Gasteiger partial charge in [0.05, 0.1) is 0 Å². The van der Waals surface area contributed by atoms with E-state index in [2.05, 4.69) is 0 Å². The van der Waals surface area contributed by atoms with Gasteiger partial charge in [0.1, 0.15) is 12.4 Å². The average Bonchev–Trinajstić information content (AvgIpc) is 2.76. The number of Topliss-reactive ketones (excluding diaryl/α,β-unsaturated/α-hetero) is 1. The fraction of sp³-hybridized carbons (Fsp3) is 0.125. The molecule has 0 saturated heterocycles. The van der Waals surface area contributed by atoms with Crippen LogP contribution in [0.5, 0.6) is 5.75 Å². The van der Waals surface area contributed by atoms with Crippen molar-refractivity contribution in [3.8, 4) is 5.75 Å². The van der Waals surface area contributed by atoms with Crippen LogP contribution in [0, 0.1) is 0 Å². The average molecular weight is 388 g/mol. The standard InChI is InChI=1S/C24H20O5/c25-20(14-13-18-7-2-1-3-8-18)17-28-23(26)15-16-24(27)29-22-12-6-10-19-9-4-5-11-21(19)22/h1-12,15-16H,13-14,17H2/b16-15+. The van der Waals surface area contributed by atoms with Crippen molar-refractivity contribution in [2.75, 3.05) is 6.61 Å². The van der Waals surface area contributed by atoms with Gasteiger partial charge in [0.15, 0.2) is 5.78 Å². The normalized spacial score (nSPS) is 10.8. The minimum Gasteiger partial charge on any atom is -0.455 e. The first kappa shape index (κ1) is 20.0. The van der Waals surface area contributed by atoms with E-state index in [0.717, 1.165) is 28.5 Å². The summed E-state index contributed by atoms with van der Waals surface area (Å²) in [7, 11) is 0. The predicted octanol–water partition coefficient (Wildman–Crippen LogP) is 4.05. The minimum atomic E-state index is -0.770. The van der Waals surface area contributed by atoms with Crippen LogP contribution >= 0.6 is 0 Å². The lowest BCUT2D eigenvalue weighted by molar-refractivity contribution is -0.143. The largest absolute Gasteiger partial charge is 0.455 e. The quantitative estimate of drug-likeness (QED) is 0.331. The molecule has 0 saturated carbocycles. The molecule has 0 atom stereocenters. The van der Waals surface area contributed by atoms with Gasteiger partial charge in [-0.2, -0.15) is 0 Å². The highest BCUT2D eigenvalue weighted by Crippen LogP contribution is 2.25. The molecular formula is C24H20O5. The smallest absolute Gasteiger partial charge is 0.336 e. The molecule has 29 heavy (non-hydrogen) atoms. The Labute approximate surface area is 168 Å². The Morgan fingerprint density at radius 1 is 0.759 bits per heavy atom. The molecule has 5 heteroatoms. The number of benzene rings is 3. The summed E-state index contributed by atoms with van der Waals surface area (Å²) in [6, 6.07) is 22.5. The third kappa shape index (κ3) is 6.14. The number of ketones is 1. The fourth-order valence-electron chi connectivity index (χ4n) is 2.76. The number of carbonyl (C=O) groups excluding carboxylic acids is 3. The number of rotatable bonds is 8. The number of hydrogen-bond acceptors (Lipinski definition) is 5. The Morgan fingerprint density at radius 3 is 2.28 bits per heavy atom. The zero-order chi connectivity index (χ0) is 20.5. The molecule has 3 aromatic carbocycles. The summed E-state index contributed by atoms with van der Waals surface area (Å²) in [6.07, 6.45) is 2.81. The van der Waals surface area contributed by atoms with Gasteiger partial charge < -0.3 is 9.47 Å². The van der Waals surface area contributed by atoms with E-state index in [4.69, 9.17) is 9.47 Å². The van der Waals surface area contributed by atoms with E-state index in [1.807, 2.05) is 60.7 Å². The fourth-order valence-corrected chi connectivity index (χ4v) is 2.76. The summed E-state index contributed by atoms with van der Waals surface area (Å²) < 4.78 is 10.2. The van der Waals surface area contributed by atoms with Crippen molar-refractivity contribution in [3.63, 3.8) is 0 Å². The van der Waals surface area contributed by atoms with E-state index in [0.29, 0.717) is 12.2 Å². The van der Waals surface area contributed by atoms with Crippen LogP contribution in [0.2, 0.25) is 0 Å². The summed E-state index contributed by atoms with van der Waals surface area (Å²) >= 11 is 0. The van der Waals surface area contributed by atoms with Crippen molar-refractivity contribution in [3.05, 3.63) is 90.5 Å². The molecule has 0 aromatic heterocycles. The molecule has 0 N–H and O–H groups in total. The first-order valence-electron chi connectivity index (χ1n) is 9.22. The lowest BCUT2D eigenvalue weighted by Crippen LogP contribution is -2.13. The maximum Gasteiger partial charge on any atom is 0.336 e. The Morgan fingerprint density at radius 2 is 1.45 bits per heavy atom. The maximum absolute atomic E-state index is 12.0. The molecule has 0 unspecified atom stereocenters. The number of esters is 2. The molecule has 3 rings (SSSR count). The molecule has 0 heterocycles. The van der Waals surface area contributed by atoms with E-state index in [-0.39, 0.29) is 18.8 Å². The molecule has 5 nitrogen and oxygen atoms in total. The Kier molecular flexibility index (Phi) is 6.90. The second-order valence-electron chi connectivity index (χ2n) is 6.36. The first-order valence-corrected chi connectivity index (χ1v) is 9.22. The van der Waals surface area contributed by atoms with E-state index in [1.165, 1.54) is 0 Å². The van der Waals surface area contributed by atoms with Gasteiger partial charge >= 0.3 is 11.9 Å². The third-order valence-electron chi connectivity index (χ3n) is 4.23. The van der Waals surface area contributed by atoms with Gasteiger partial charge in [-0.3, -0.25) is 4.79 Å². The molecular weight excluding hydrogens is 368 g/mol. The van der Waals surface area contributed by atoms with Crippen molar-refractivity contribution in [2.24, 2.45) is 0 Å². The second kappa shape index (κ2) is 9.99. The molecule has 0 aliphatic rings. The molecule has 146 valence electrons. The molecule has 0 aliphatic carbocycles. The van der Waals surface area contributed by atoms with Crippen LogP contribution in [0.4, 0.5) is 0 Å². The van der Waals surface area contributed by atoms with E-state index in [9.17, 15) is 14.4 Å². The Hall–Kier alpha value is -3.73. The predicted molar refractivity (Wildman–Crippen MR) is 109 cm³/mol. The number of hydrogen-bond donors (Lipinski definition) is 0. The summed E-state index contributed by atoms with van der Waals surface area (Å²) in [6.45, 7) is -0.325. The van der Waals surface area contributed by atoms with Gasteiger partial charge in [-0.15, -0.1) is 0 Å². The lowest BCUT2D eigenvalue weighted by atomic mass is 10.1. The monoisotopic (exact) mass is 388 g/mol.